The summed E-state index contributed by atoms with van der Waals surface area (Å²) in [5, 5.41) is 2.15. The van der Waals surface area contributed by atoms with Crippen molar-refractivity contribution in [3.05, 3.63) is 57.8 Å². The van der Waals surface area contributed by atoms with Crippen LogP contribution < -0.4 is 5.32 Å². The molecule has 2 aromatic rings. The molecule has 1 amide bonds. The summed E-state index contributed by atoms with van der Waals surface area (Å²) < 4.78 is 50.0. The van der Waals surface area contributed by atoms with Crippen LogP contribution in [0.3, 0.4) is 0 Å². The molecule has 3 rings (SSSR count). The second-order valence-corrected chi connectivity index (χ2v) is 9.13. The number of sulfonamides is 1. The Balaban J connectivity index is 1.72. The fraction of sp³-hybridized carbons (Fsp3) is 0.263. The van der Waals surface area contributed by atoms with Crippen molar-refractivity contribution in [2.24, 2.45) is 0 Å². The van der Waals surface area contributed by atoms with Crippen molar-refractivity contribution in [1.82, 2.24) is 4.31 Å². The fourth-order valence-corrected chi connectivity index (χ4v) is 4.98. The van der Waals surface area contributed by atoms with Gasteiger partial charge in [0.25, 0.3) is 5.91 Å². The van der Waals surface area contributed by atoms with Gasteiger partial charge in [0.2, 0.25) is 10.0 Å². The molecule has 0 aromatic heterocycles. The predicted octanol–water partition coefficient (Wildman–Crippen LogP) is 2.95. The van der Waals surface area contributed by atoms with E-state index in [1.165, 1.54) is 16.4 Å². The van der Waals surface area contributed by atoms with E-state index < -0.39 is 34.3 Å². The lowest BCUT2D eigenvalue weighted by Crippen LogP contribution is -2.40. The van der Waals surface area contributed by atoms with Crippen molar-refractivity contribution >= 4 is 50.8 Å². The quantitative estimate of drug-likeness (QED) is 0.624. The van der Waals surface area contributed by atoms with Crippen LogP contribution in [0, 0.1) is 5.82 Å². The number of nitrogens with one attached hydrogen (secondary N) is 1. The zero-order chi connectivity index (χ0) is 22.6. The molecule has 31 heavy (non-hydrogen) atoms. The lowest BCUT2D eigenvalue weighted by atomic mass is 10.2. The van der Waals surface area contributed by atoms with Gasteiger partial charge in [-0.15, -0.1) is 0 Å². The minimum Gasteiger partial charge on any atom is -0.452 e. The Hall–Kier alpha value is -2.24. The number of morpholine rings is 1. The van der Waals surface area contributed by atoms with Crippen molar-refractivity contribution in [3.63, 3.8) is 0 Å². The van der Waals surface area contributed by atoms with E-state index >= 15 is 0 Å². The zero-order valence-electron chi connectivity index (χ0n) is 15.9. The van der Waals surface area contributed by atoms with Gasteiger partial charge in [-0.1, -0.05) is 23.2 Å². The third-order valence-corrected chi connectivity index (χ3v) is 6.97. The topological polar surface area (TPSA) is 102 Å². The summed E-state index contributed by atoms with van der Waals surface area (Å²) in [6.45, 7) is 0.0982. The molecule has 0 saturated carbocycles. The van der Waals surface area contributed by atoms with Crippen LogP contribution >= 0.6 is 23.2 Å². The average Bonchev–Trinajstić information content (AvgIpc) is 2.74. The molecular formula is C19H17Cl2FN2O6S. The van der Waals surface area contributed by atoms with Crippen LogP contribution in [-0.2, 0) is 24.3 Å². The predicted molar refractivity (Wildman–Crippen MR) is 111 cm³/mol. The SMILES string of the molecule is O=C(COC(=O)c1cc(S(=O)(=O)N2CCOCC2)c(Cl)cc1Cl)Nc1ccc(F)cc1. The number of rotatable bonds is 6. The molecule has 166 valence electrons. The molecule has 1 heterocycles. The second-order valence-electron chi connectivity index (χ2n) is 6.41. The van der Waals surface area contributed by atoms with Gasteiger partial charge in [-0.25, -0.2) is 17.6 Å². The first-order chi connectivity index (χ1) is 14.7. The normalized spacial score (nSPS) is 14.8. The molecule has 1 aliphatic heterocycles. The van der Waals surface area contributed by atoms with Crippen molar-refractivity contribution < 1.29 is 31.9 Å². The molecule has 0 atom stereocenters. The smallest absolute Gasteiger partial charge is 0.340 e. The third-order valence-electron chi connectivity index (χ3n) is 4.29. The highest BCUT2D eigenvalue weighted by molar-refractivity contribution is 7.89. The van der Waals surface area contributed by atoms with Gasteiger partial charge in [-0.2, -0.15) is 4.31 Å². The number of anilines is 1. The van der Waals surface area contributed by atoms with Gasteiger partial charge in [0, 0.05) is 18.8 Å². The summed E-state index contributed by atoms with van der Waals surface area (Å²) in [4.78, 5) is 24.1. The number of ether oxygens (including phenoxy) is 2. The van der Waals surface area contributed by atoms with Crippen molar-refractivity contribution in [3.8, 4) is 0 Å². The zero-order valence-corrected chi connectivity index (χ0v) is 18.3. The minimum absolute atomic E-state index is 0.130. The molecule has 1 fully saturated rings. The lowest BCUT2D eigenvalue weighted by molar-refractivity contribution is -0.119. The first kappa shape index (κ1) is 23.4. The van der Waals surface area contributed by atoms with Gasteiger partial charge < -0.3 is 14.8 Å². The van der Waals surface area contributed by atoms with Crippen LogP contribution in [0.25, 0.3) is 0 Å². The Bertz CT molecular complexity index is 1090. The Morgan fingerprint density at radius 2 is 1.74 bits per heavy atom. The van der Waals surface area contributed by atoms with Crippen molar-refractivity contribution in [2.75, 3.05) is 38.2 Å². The fourth-order valence-electron chi connectivity index (χ4n) is 2.75. The summed E-state index contributed by atoms with van der Waals surface area (Å²) in [5.74, 6) is -2.15. The maximum atomic E-state index is 12.9. The Kier molecular flexibility index (Phi) is 7.50. The second kappa shape index (κ2) is 9.92. The molecule has 0 radical (unpaired) electrons. The Morgan fingerprint density at radius 3 is 2.39 bits per heavy atom. The molecule has 0 aliphatic carbocycles. The van der Waals surface area contributed by atoms with Gasteiger partial charge in [-0.3, -0.25) is 4.79 Å². The summed E-state index contributed by atoms with van der Waals surface area (Å²) in [5.41, 5.74) is 0.0540. The first-order valence-electron chi connectivity index (χ1n) is 8.98. The highest BCUT2D eigenvalue weighted by Gasteiger charge is 2.30. The van der Waals surface area contributed by atoms with Gasteiger partial charge in [-0.05, 0) is 36.4 Å². The average molecular weight is 491 g/mol. The van der Waals surface area contributed by atoms with Gasteiger partial charge >= 0.3 is 5.97 Å². The van der Waals surface area contributed by atoms with E-state index in [1.807, 2.05) is 0 Å². The Morgan fingerprint density at radius 1 is 1.10 bits per heavy atom. The summed E-state index contributed by atoms with van der Waals surface area (Å²) in [7, 11) is -4.00. The molecule has 0 bridgehead atoms. The standard InChI is InChI=1S/C19H17Cl2FN2O6S/c20-15-10-16(21)17(31(27,28)24-5-7-29-8-6-24)9-14(15)19(26)30-11-18(25)23-13-3-1-12(22)2-4-13/h1-4,9-10H,5-8,11H2,(H,23,25). The molecule has 0 spiro atoms. The van der Waals surface area contributed by atoms with Crippen molar-refractivity contribution in [2.45, 2.75) is 4.90 Å². The highest BCUT2D eigenvalue weighted by atomic mass is 35.5. The first-order valence-corrected chi connectivity index (χ1v) is 11.2. The molecule has 2 aromatic carbocycles. The molecule has 8 nitrogen and oxygen atoms in total. The number of carbonyl (C=O) groups is 2. The number of amides is 1. The maximum absolute atomic E-state index is 12.9. The van der Waals surface area contributed by atoms with E-state index in [1.54, 1.807) is 0 Å². The van der Waals surface area contributed by atoms with E-state index in [0.717, 1.165) is 24.3 Å². The van der Waals surface area contributed by atoms with Crippen LogP contribution in [0.5, 0.6) is 0 Å². The minimum atomic E-state index is -4.00. The van der Waals surface area contributed by atoms with Crippen molar-refractivity contribution in [1.29, 1.82) is 0 Å². The van der Waals surface area contributed by atoms with E-state index in [4.69, 9.17) is 32.7 Å². The molecule has 12 heteroatoms. The molecule has 1 N–H and O–H groups in total. The Labute approximate surface area is 187 Å². The van der Waals surface area contributed by atoms with Crippen LogP contribution in [-0.4, -0.2) is 57.5 Å². The maximum Gasteiger partial charge on any atom is 0.340 e. The number of nitrogens with zero attached hydrogens (tertiary/aromatic N) is 1. The molecule has 1 aliphatic rings. The number of halogens is 3. The van der Waals surface area contributed by atoms with E-state index in [2.05, 4.69) is 5.32 Å². The largest absolute Gasteiger partial charge is 0.452 e. The summed E-state index contributed by atoms with van der Waals surface area (Å²) in [6, 6.07) is 7.15. The van der Waals surface area contributed by atoms with Gasteiger partial charge in [0.1, 0.15) is 10.7 Å². The van der Waals surface area contributed by atoms with E-state index in [0.29, 0.717) is 5.69 Å². The number of hydrogen-bond donors (Lipinski definition) is 1. The van der Waals surface area contributed by atoms with Gasteiger partial charge in [0.15, 0.2) is 6.61 Å². The molecule has 1 saturated heterocycles. The van der Waals surface area contributed by atoms with Crippen LogP contribution in [0.1, 0.15) is 10.4 Å². The highest BCUT2D eigenvalue weighted by Crippen LogP contribution is 2.31. The third kappa shape index (κ3) is 5.72. The molecule has 0 unspecified atom stereocenters. The number of carbonyl (C=O) groups excluding carboxylic acids is 2. The van der Waals surface area contributed by atoms with E-state index in [-0.39, 0.29) is 46.8 Å². The number of hydrogen-bond acceptors (Lipinski definition) is 6. The van der Waals surface area contributed by atoms with Gasteiger partial charge in [0.05, 0.1) is 28.8 Å². The number of benzene rings is 2. The van der Waals surface area contributed by atoms with Crippen LogP contribution in [0.4, 0.5) is 10.1 Å². The monoisotopic (exact) mass is 490 g/mol. The van der Waals surface area contributed by atoms with Crippen LogP contribution in [0.15, 0.2) is 41.3 Å². The number of esters is 1. The lowest BCUT2D eigenvalue weighted by Gasteiger charge is -2.26. The molecular weight excluding hydrogens is 474 g/mol. The summed E-state index contributed by atoms with van der Waals surface area (Å²) in [6.07, 6.45) is 0. The van der Waals surface area contributed by atoms with E-state index in [9.17, 15) is 22.4 Å². The van der Waals surface area contributed by atoms with Crippen LogP contribution in [0.2, 0.25) is 10.0 Å². The summed E-state index contributed by atoms with van der Waals surface area (Å²) >= 11 is 12.1.